The van der Waals surface area contributed by atoms with Crippen molar-refractivity contribution in [1.82, 2.24) is 0 Å². The van der Waals surface area contributed by atoms with Gasteiger partial charge in [0.2, 0.25) is 0 Å². The van der Waals surface area contributed by atoms with Crippen LogP contribution in [0.5, 0.6) is 0 Å². The van der Waals surface area contributed by atoms with Gasteiger partial charge < -0.3 is 11.1 Å². The van der Waals surface area contributed by atoms with Crippen LogP contribution < -0.4 is 11.1 Å². The maximum atomic E-state index is 8.91. The molecule has 0 aliphatic rings. The van der Waals surface area contributed by atoms with Crippen molar-refractivity contribution in [2.75, 3.05) is 11.1 Å². The summed E-state index contributed by atoms with van der Waals surface area (Å²) >= 11 is 3.46. The molecule has 0 unspecified atom stereocenters. The number of nitriles is 1. The van der Waals surface area contributed by atoms with Crippen molar-refractivity contribution >= 4 is 33.0 Å². The molecular weight excluding hydrogens is 290 g/mol. The van der Waals surface area contributed by atoms with Crippen LogP contribution in [0.15, 0.2) is 40.9 Å². The fraction of sp³-hybridized carbons (Fsp3) is 0.0714. The van der Waals surface area contributed by atoms with E-state index >= 15 is 0 Å². The number of rotatable bonds is 2. The van der Waals surface area contributed by atoms with Crippen LogP contribution in [0.1, 0.15) is 11.1 Å². The molecular formula is C14H12BrN3. The molecule has 4 heteroatoms. The first-order valence-corrected chi connectivity index (χ1v) is 6.22. The van der Waals surface area contributed by atoms with E-state index < -0.39 is 0 Å². The number of nitrogens with one attached hydrogen (secondary N) is 1. The molecule has 0 aliphatic heterocycles. The minimum absolute atomic E-state index is 0.634. The number of aryl methyl sites for hydroxylation is 1. The maximum Gasteiger partial charge on any atom is 0.0992 e. The second kappa shape index (κ2) is 5.11. The van der Waals surface area contributed by atoms with Gasteiger partial charge in [-0.1, -0.05) is 6.07 Å². The Kier molecular flexibility index (Phi) is 3.54. The zero-order valence-corrected chi connectivity index (χ0v) is 11.5. The largest absolute Gasteiger partial charge is 0.399 e. The van der Waals surface area contributed by atoms with Crippen LogP contribution in [-0.2, 0) is 0 Å². The Bertz CT molecular complexity index is 629. The van der Waals surface area contributed by atoms with E-state index in [1.165, 1.54) is 0 Å². The average Bonchev–Trinajstić information content (AvgIpc) is 2.35. The van der Waals surface area contributed by atoms with E-state index in [-0.39, 0.29) is 0 Å². The minimum Gasteiger partial charge on any atom is -0.399 e. The number of nitrogen functional groups attached to an aromatic ring is 1. The minimum atomic E-state index is 0.634. The number of halogens is 1. The topological polar surface area (TPSA) is 61.8 Å². The molecule has 0 radical (unpaired) electrons. The van der Waals surface area contributed by atoms with Crippen LogP contribution in [0.2, 0.25) is 0 Å². The summed E-state index contributed by atoms with van der Waals surface area (Å²) in [7, 11) is 0. The Labute approximate surface area is 114 Å². The van der Waals surface area contributed by atoms with E-state index in [2.05, 4.69) is 27.3 Å². The zero-order chi connectivity index (χ0) is 13.1. The van der Waals surface area contributed by atoms with Crippen LogP contribution in [0.4, 0.5) is 17.1 Å². The van der Waals surface area contributed by atoms with Crippen molar-refractivity contribution in [3.05, 3.63) is 52.0 Å². The molecule has 0 saturated heterocycles. The lowest BCUT2D eigenvalue weighted by atomic mass is 10.1. The molecule has 3 nitrogen and oxygen atoms in total. The Morgan fingerprint density at radius 2 is 1.94 bits per heavy atom. The molecule has 0 spiro atoms. The van der Waals surface area contributed by atoms with Gasteiger partial charge >= 0.3 is 0 Å². The van der Waals surface area contributed by atoms with Gasteiger partial charge in [0.15, 0.2) is 0 Å². The van der Waals surface area contributed by atoms with Gasteiger partial charge in [-0.15, -0.1) is 0 Å². The summed E-state index contributed by atoms with van der Waals surface area (Å²) in [6.07, 6.45) is 0. The highest BCUT2D eigenvalue weighted by molar-refractivity contribution is 9.10. The number of anilines is 3. The van der Waals surface area contributed by atoms with Crippen LogP contribution in [0, 0.1) is 18.3 Å². The third-order valence-corrected chi connectivity index (χ3v) is 3.29. The number of hydrogen-bond donors (Lipinski definition) is 2. The summed E-state index contributed by atoms with van der Waals surface area (Å²) in [4.78, 5) is 0. The molecule has 0 aliphatic carbocycles. The van der Waals surface area contributed by atoms with Gasteiger partial charge in [-0.2, -0.15) is 5.26 Å². The third-order valence-electron chi connectivity index (χ3n) is 2.63. The second-order valence-corrected chi connectivity index (χ2v) is 4.86. The molecule has 0 saturated carbocycles. The summed E-state index contributed by atoms with van der Waals surface area (Å²) in [6, 6.07) is 13.3. The van der Waals surface area contributed by atoms with E-state index in [1.807, 2.05) is 37.3 Å². The molecule has 2 aromatic carbocycles. The van der Waals surface area contributed by atoms with Crippen LogP contribution in [0.25, 0.3) is 0 Å². The summed E-state index contributed by atoms with van der Waals surface area (Å²) in [5.41, 5.74) is 9.95. The highest BCUT2D eigenvalue weighted by Crippen LogP contribution is 2.29. The molecule has 0 amide bonds. The van der Waals surface area contributed by atoms with Gasteiger partial charge in [0, 0.05) is 15.8 Å². The average molecular weight is 302 g/mol. The fourth-order valence-electron chi connectivity index (χ4n) is 1.60. The van der Waals surface area contributed by atoms with E-state index in [4.69, 9.17) is 11.0 Å². The second-order valence-electron chi connectivity index (χ2n) is 4.01. The quantitative estimate of drug-likeness (QED) is 0.826. The van der Waals surface area contributed by atoms with Crippen LogP contribution in [0.3, 0.4) is 0 Å². The predicted molar refractivity (Wildman–Crippen MR) is 77.7 cm³/mol. The molecule has 0 aromatic heterocycles. The lowest BCUT2D eigenvalue weighted by Crippen LogP contribution is -1.95. The van der Waals surface area contributed by atoms with Crippen LogP contribution >= 0.6 is 15.9 Å². The molecule has 0 atom stereocenters. The van der Waals surface area contributed by atoms with Gasteiger partial charge in [0.1, 0.15) is 0 Å². The first-order valence-electron chi connectivity index (χ1n) is 5.43. The van der Waals surface area contributed by atoms with Crippen molar-refractivity contribution < 1.29 is 0 Å². The Hall–Kier alpha value is -1.99. The van der Waals surface area contributed by atoms with E-state index in [0.717, 1.165) is 21.4 Å². The SMILES string of the molecule is Cc1ccc(C#N)cc1Nc1ccc(N)cc1Br. The zero-order valence-electron chi connectivity index (χ0n) is 9.87. The smallest absolute Gasteiger partial charge is 0.0992 e. The van der Waals surface area contributed by atoms with Crippen molar-refractivity contribution in [3.63, 3.8) is 0 Å². The molecule has 90 valence electrons. The number of nitrogens with two attached hydrogens (primary N) is 1. The Morgan fingerprint density at radius 1 is 1.17 bits per heavy atom. The number of hydrogen-bond acceptors (Lipinski definition) is 3. The van der Waals surface area contributed by atoms with Gasteiger partial charge in [-0.3, -0.25) is 0 Å². The van der Waals surface area contributed by atoms with Gasteiger partial charge in [0.05, 0.1) is 17.3 Å². The molecule has 3 N–H and O–H groups in total. The van der Waals surface area contributed by atoms with E-state index in [0.29, 0.717) is 11.3 Å². The summed E-state index contributed by atoms with van der Waals surface area (Å²) in [5, 5.41) is 12.2. The van der Waals surface area contributed by atoms with Gasteiger partial charge in [-0.05, 0) is 58.7 Å². The predicted octanol–water partition coefficient (Wildman–Crippen LogP) is 3.96. The standard InChI is InChI=1S/C14H12BrN3/c1-9-2-3-10(8-16)6-14(9)18-13-5-4-11(17)7-12(13)15/h2-7,18H,17H2,1H3. The van der Waals surface area contributed by atoms with Crippen LogP contribution in [-0.4, -0.2) is 0 Å². The normalized spacial score (nSPS) is 9.83. The third kappa shape index (κ3) is 2.63. The lowest BCUT2D eigenvalue weighted by molar-refractivity contribution is 1.40. The molecule has 0 heterocycles. The van der Waals surface area contributed by atoms with E-state index in [9.17, 15) is 0 Å². The summed E-state index contributed by atoms with van der Waals surface area (Å²) in [5.74, 6) is 0. The Balaban J connectivity index is 2.37. The molecule has 18 heavy (non-hydrogen) atoms. The van der Waals surface area contributed by atoms with Crippen molar-refractivity contribution in [2.24, 2.45) is 0 Å². The first kappa shape index (κ1) is 12.5. The monoisotopic (exact) mass is 301 g/mol. The molecule has 0 bridgehead atoms. The lowest BCUT2D eigenvalue weighted by Gasteiger charge is -2.12. The summed E-state index contributed by atoms with van der Waals surface area (Å²) in [6.45, 7) is 1.99. The fourth-order valence-corrected chi connectivity index (χ4v) is 2.10. The van der Waals surface area contributed by atoms with Crippen molar-refractivity contribution in [2.45, 2.75) is 6.92 Å². The first-order chi connectivity index (χ1) is 8.60. The Morgan fingerprint density at radius 3 is 2.61 bits per heavy atom. The number of benzene rings is 2. The van der Waals surface area contributed by atoms with Crippen molar-refractivity contribution in [1.29, 1.82) is 5.26 Å². The van der Waals surface area contributed by atoms with Gasteiger partial charge in [-0.25, -0.2) is 0 Å². The molecule has 0 fully saturated rings. The molecule has 2 aromatic rings. The van der Waals surface area contributed by atoms with Crippen molar-refractivity contribution in [3.8, 4) is 6.07 Å². The highest BCUT2D eigenvalue weighted by atomic mass is 79.9. The maximum absolute atomic E-state index is 8.91. The molecule has 2 rings (SSSR count). The van der Waals surface area contributed by atoms with Gasteiger partial charge in [0.25, 0.3) is 0 Å². The summed E-state index contributed by atoms with van der Waals surface area (Å²) < 4.78 is 0.893. The number of nitrogens with zero attached hydrogens (tertiary/aromatic N) is 1. The van der Waals surface area contributed by atoms with E-state index in [1.54, 1.807) is 6.07 Å². The highest BCUT2D eigenvalue weighted by Gasteiger charge is 2.04.